The average molecular weight is 444 g/mol. The van der Waals surface area contributed by atoms with E-state index in [9.17, 15) is 4.79 Å². The first-order chi connectivity index (χ1) is 14.7. The highest BCUT2D eigenvalue weighted by Crippen LogP contribution is 2.30. The highest BCUT2D eigenvalue weighted by atomic mass is 32.1. The van der Waals surface area contributed by atoms with Crippen LogP contribution in [0.1, 0.15) is 26.3 Å². The first-order valence-electron chi connectivity index (χ1n) is 9.91. The van der Waals surface area contributed by atoms with Crippen LogP contribution < -0.4 is 10.1 Å². The van der Waals surface area contributed by atoms with Crippen LogP contribution in [0.15, 0.2) is 41.8 Å². The van der Waals surface area contributed by atoms with Crippen molar-refractivity contribution < 1.29 is 14.3 Å². The van der Waals surface area contributed by atoms with Crippen molar-refractivity contribution in [2.75, 3.05) is 40.0 Å². The fourth-order valence-electron chi connectivity index (χ4n) is 3.51. The van der Waals surface area contributed by atoms with Crippen molar-refractivity contribution in [1.82, 2.24) is 15.2 Å². The molecule has 3 heterocycles. The van der Waals surface area contributed by atoms with E-state index in [2.05, 4.69) is 32.7 Å². The van der Waals surface area contributed by atoms with Gasteiger partial charge >= 0.3 is 0 Å². The van der Waals surface area contributed by atoms with Crippen LogP contribution in [-0.2, 0) is 4.74 Å². The van der Waals surface area contributed by atoms with E-state index in [1.807, 2.05) is 31.2 Å². The summed E-state index contributed by atoms with van der Waals surface area (Å²) in [5.74, 6) is 0.729. The quantitative estimate of drug-likeness (QED) is 0.598. The normalized spacial score (nSPS) is 15.7. The molecular formula is C22H25N3O3S2. The first kappa shape index (κ1) is 21.0. The Hall–Kier alpha value is -2.26. The molecule has 8 heteroatoms. The van der Waals surface area contributed by atoms with E-state index < -0.39 is 0 Å². The van der Waals surface area contributed by atoms with Gasteiger partial charge in [0.25, 0.3) is 5.91 Å². The lowest BCUT2D eigenvalue weighted by Crippen LogP contribution is -2.43. The minimum Gasteiger partial charge on any atom is -0.497 e. The molecule has 1 unspecified atom stereocenters. The Kier molecular flexibility index (Phi) is 6.79. The molecular weight excluding hydrogens is 418 g/mol. The first-order valence-corrected chi connectivity index (χ1v) is 11.6. The second-order valence-electron chi connectivity index (χ2n) is 7.05. The summed E-state index contributed by atoms with van der Waals surface area (Å²) in [7, 11) is 1.64. The van der Waals surface area contributed by atoms with Gasteiger partial charge in [0.15, 0.2) is 0 Å². The predicted octanol–water partition coefficient (Wildman–Crippen LogP) is 3.99. The van der Waals surface area contributed by atoms with Crippen LogP contribution in [0.25, 0.3) is 10.6 Å². The number of amides is 1. The van der Waals surface area contributed by atoms with Gasteiger partial charge in [-0.2, -0.15) is 0 Å². The smallest absolute Gasteiger partial charge is 0.263 e. The zero-order valence-electron chi connectivity index (χ0n) is 17.1. The molecule has 158 valence electrons. The number of aryl methyl sites for hydroxylation is 1. The summed E-state index contributed by atoms with van der Waals surface area (Å²) in [4.78, 5) is 21.9. The summed E-state index contributed by atoms with van der Waals surface area (Å²) in [6.45, 7) is 5.66. The number of benzene rings is 1. The third-order valence-corrected chi connectivity index (χ3v) is 7.33. The van der Waals surface area contributed by atoms with Gasteiger partial charge < -0.3 is 14.8 Å². The number of hydrogen-bond acceptors (Lipinski definition) is 7. The summed E-state index contributed by atoms with van der Waals surface area (Å²) < 4.78 is 10.7. The van der Waals surface area contributed by atoms with E-state index in [4.69, 9.17) is 9.47 Å². The van der Waals surface area contributed by atoms with Crippen molar-refractivity contribution in [2.45, 2.75) is 13.0 Å². The van der Waals surface area contributed by atoms with Crippen molar-refractivity contribution in [3.63, 3.8) is 0 Å². The van der Waals surface area contributed by atoms with E-state index >= 15 is 0 Å². The maximum atomic E-state index is 13.0. The van der Waals surface area contributed by atoms with Crippen molar-refractivity contribution in [3.05, 3.63) is 57.2 Å². The fourth-order valence-corrected chi connectivity index (χ4v) is 5.36. The number of carbonyl (C=O) groups is 1. The Morgan fingerprint density at radius 2 is 2.03 bits per heavy atom. The van der Waals surface area contributed by atoms with E-state index in [0.29, 0.717) is 11.4 Å². The summed E-state index contributed by atoms with van der Waals surface area (Å²) in [6, 6.07) is 12.1. The molecule has 6 nitrogen and oxygen atoms in total. The number of thiophene rings is 1. The van der Waals surface area contributed by atoms with Crippen molar-refractivity contribution in [3.8, 4) is 16.3 Å². The van der Waals surface area contributed by atoms with Crippen LogP contribution in [0.3, 0.4) is 0 Å². The Morgan fingerprint density at radius 3 is 2.70 bits per heavy atom. The van der Waals surface area contributed by atoms with Crippen LogP contribution in [0.4, 0.5) is 0 Å². The molecule has 0 bridgehead atoms. The number of nitrogens with zero attached hydrogens (tertiary/aromatic N) is 2. The second-order valence-corrected chi connectivity index (χ2v) is 9.03. The number of rotatable bonds is 7. The molecule has 0 radical (unpaired) electrons. The molecule has 1 saturated heterocycles. The maximum absolute atomic E-state index is 13.0. The van der Waals surface area contributed by atoms with Crippen LogP contribution in [0, 0.1) is 6.92 Å². The van der Waals surface area contributed by atoms with Crippen molar-refractivity contribution in [2.24, 2.45) is 0 Å². The third-order valence-electron chi connectivity index (χ3n) is 5.15. The lowest BCUT2D eigenvalue weighted by molar-refractivity contribution is 0.0169. The highest BCUT2D eigenvalue weighted by Gasteiger charge is 2.25. The van der Waals surface area contributed by atoms with E-state index in [0.717, 1.165) is 48.3 Å². The molecule has 0 aliphatic carbocycles. The fraction of sp³-hybridized carbons (Fsp3) is 0.364. The number of hydrogen-bond donors (Lipinski definition) is 1. The second kappa shape index (κ2) is 9.70. The number of aromatic nitrogens is 1. The molecule has 2 aromatic heterocycles. The Morgan fingerprint density at radius 1 is 1.27 bits per heavy atom. The van der Waals surface area contributed by atoms with E-state index in [1.165, 1.54) is 16.2 Å². The van der Waals surface area contributed by atoms with Crippen molar-refractivity contribution in [1.29, 1.82) is 0 Å². The Balaban J connectivity index is 1.46. The lowest BCUT2D eigenvalue weighted by Gasteiger charge is -2.34. The Bertz CT molecular complexity index is 964. The largest absolute Gasteiger partial charge is 0.497 e. The van der Waals surface area contributed by atoms with Crippen LogP contribution in [0.5, 0.6) is 5.75 Å². The molecule has 1 aromatic carbocycles. The number of carbonyl (C=O) groups excluding carboxylic acids is 1. The van der Waals surface area contributed by atoms with Gasteiger partial charge in [-0.3, -0.25) is 9.69 Å². The monoisotopic (exact) mass is 443 g/mol. The van der Waals surface area contributed by atoms with Crippen LogP contribution in [0.2, 0.25) is 0 Å². The minimum atomic E-state index is -0.0698. The van der Waals surface area contributed by atoms with Gasteiger partial charge in [0.1, 0.15) is 15.6 Å². The maximum Gasteiger partial charge on any atom is 0.263 e. The number of ether oxygens (including phenoxy) is 2. The van der Waals surface area contributed by atoms with Gasteiger partial charge in [-0.1, -0.05) is 6.07 Å². The molecule has 0 spiro atoms. The molecule has 4 rings (SSSR count). The number of morpholine rings is 1. The lowest BCUT2D eigenvalue weighted by atomic mass is 10.2. The van der Waals surface area contributed by atoms with E-state index in [-0.39, 0.29) is 11.9 Å². The summed E-state index contributed by atoms with van der Waals surface area (Å²) in [6.07, 6.45) is 0. The van der Waals surface area contributed by atoms with Gasteiger partial charge in [0.2, 0.25) is 0 Å². The topological polar surface area (TPSA) is 63.7 Å². The zero-order chi connectivity index (χ0) is 20.9. The minimum absolute atomic E-state index is 0.0698. The van der Waals surface area contributed by atoms with Crippen LogP contribution >= 0.6 is 22.7 Å². The van der Waals surface area contributed by atoms with Gasteiger partial charge in [0, 0.05) is 30.1 Å². The van der Waals surface area contributed by atoms with E-state index in [1.54, 1.807) is 18.4 Å². The number of nitrogens with one attached hydrogen (secondary N) is 1. The van der Waals surface area contributed by atoms with Gasteiger partial charge in [-0.15, -0.1) is 22.7 Å². The summed E-state index contributed by atoms with van der Waals surface area (Å²) in [5.41, 5.74) is 1.73. The Labute approximate surface area is 184 Å². The van der Waals surface area contributed by atoms with Gasteiger partial charge in [0.05, 0.1) is 32.1 Å². The summed E-state index contributed by atoms with van der Waals surface area (Å²) >= 11 is 3.15. The SMILES string of the molecule is COc1ccc(-c2nc(C)c(C(=O)NCC(c3cccs3)N3CCOCC3)s2)cc1. The molecule has 3 aromatic rings. The molecule has 1 fully saturated rings. The molecule has 30 heavy (non-hydrogen) atoms. The molecule has 0 saturated carbocycles. The molecule has 1 N–H and O–H groups in total. The standard InChI is InChI=1S/C22H25N3O3S2/c1-15-20(30-22(24-15)16-5-7-17(27-2)8-6-16)21(26)23-14-18(19-4-3-13-29-19)25-9-11-28-12-10-25/h3-8,13,18H,9-12,14H2,1-2H3,(H,23,26). The molecule has 1 amide bonds. The van der Waals surface area contributed by atoms with Gasteiger partial charge in [-0.05, 0) is 42.6 Å². The zero-order valence-corrected chi connectivity index (χ0v) is 18.7. The highest BCUT2D eigenvalue weighted by molar-refractivity contribution is 7.17. The number of thiazole rings is 1. The molecule has 1 atom stereocenters. The third kappa shape index (κ3) is 4.73. The van der Waals surface area contributed by atoms with Gasteiger partial charge in [-0.25, -0.2) is 4.98 Å². The predicted molar refractivity (Wildman–Crippen MR) is 121 cm³/mol. The van der Waals surface area contributed by atoms with Crippen LogP contribution in [-0.4, -0.2) is 55.7 Å². The molecule has 1 aliphatic rings. The number of methoxy groups -OCH3 is 1. The summed E-state index contributed by atoms with van der Waals surface area (Å²) in [5, 5.41) is 6.06. The van der Waals surface area contributed by atoms with Crippen molar-refractivity contribution >= 4 is 28.6 Å². The average Bonchev–Trinajstić information content (AvgIpc) is 3.45. The molecule has 1 aliphatic heterocycles.